The smallest absolute Gasteiger partial charge is 0.322 e. The fraction of sp³-hybridized carbons (Fsp3) is 0.250. The summed E-state index contributed by atoms with van der Waals surface area (Å²) in [5.41, 5.74) is 0.933. The van der Waals surface area contributed by atoms with Crippen molar-refractivity contribution in [1.29, 1.82) is 0 Å². The highest BCUT2D eigenvalue weighted by Gasteiger charge is 2.18. The number of ether oxygens (including phenoxy) is 2. The number of hydrogen-bond acceptors (Lipinski definition) is 8. The Morgan fingerprint density at radius 2 is 1.57 bits per heavy atom. The third kappa shape index (κ3) is 5.57. The molecule has 1 N–H and O–H groups in total. The van der Waals surface area contributed by atoms with Crippen LogP contribution >= 0.6 is 0 Å². The molecule has 0 bridgehead atoms. The summed E-state index contributed by atoms with van der Waals surface area (Å²) in [6.45, 7) is 0. The minimum atomic E-state index is -3.61. The second kappa shape index (κ2) is 9.40. The van der Waals surface area contributed by atoms with Gasteiger partial charge in [-0.25, -0.2) is 8.42 Å². The standard InChI is InChI=1S/C20H21N3O6S/c1-27-15-5-3-14(4-6-15)13-19-22-23-20(29-19)21-18(24)11-12-30(25,26)17-9-7-16(28-2)8-10-17/h3-10H,11-13H2,1-2H3,(H,21,23,24). The molecule has 0 aliphatic heterocycles. The van der Waals surface area contributed by atoms with Gasteiger partial charge in [-0.1, -0.05) is 17.2 Å². The van der Waals surface area contributed by atoms with Crippen molar-refractivity contribution in [2.75, 3.05) is 25.3 Å². The van der Waals surface area contributed by atoms with Gasteiger partial charge in [-0.15, -0.1) is 5.10 Å². The molecule has 0 fully saturated rings. The van der Waals surface area contributed by atoms with Crippen LogP contribution in [0, 0.1) is 0 Å². The van der Waals surface area contributed by atoms with Crippen LogP contribution in [0.2, 0.25) is 0 Å². The van der Waals surface area contributed by atoms with Crippen LogP contribution in [0.4, 0.5) is 6.01 Å². The van der Waals surface area contributed by atoms with Crippen molar-refractivity contribution in [3.05, 3.63) is 60.0 Å². The first-order valence-electron chi connectivity index (χ1n) is 9.01. The van der Waals surface area contributed by atoms with Gasteiger partial charge in [0, 0.05) is 6.42 Å². The van der Waals surface area contributed by atoms with Crippen LogP contribution < -0.4 is 14.8 Å². The fourth-order valence-corrected chi connectivity index (χ4v) is 3.84. The van der Waals surface area contributed by atoms with E-state index in [1.165, 1.54) is 19.2 Å². The van der Waals surface area contributed by atoms with Crippen LogP contribution in [0.1, 0.15) is 17.9 Å². The molecule has 1 amide bonds. The maximum absolute atomic E-state index is 12.4. The van der Waals surface area contributed by atoms with Crippen molar-refractivity contribution < 1.29 is 27.1 Å². The molecule has 3 rings (SSSR count). The van der Waals surface area contributed by atoms with Crippen LogP contribution in [0.5, 0.6) is 11.5 Å². The topological polar surface area (TPSA) is 121 Å². The fourth-order valence-electron chi connectivity index (χ4n) is 2.60. The third-order valence-corrected chi connectivity index (χ3v) is 5.98. The van der Waals surface area contributed by atoms with Crippen molar-refractivity contribution in [2.24, 2.45) is 0 Å². The van der Waals surface area contributed by atoms with E-state index in [9.17, 15) is 13.2 Å². The zero-order valence-corrected chi connectivity index (χ0v) is 17.3. The highest BCUT2D eigenvalue weighted by molar-refractivity contribution is 7.91. The summed E-state index contributed by atoms with van der Waals surface area (Å²) >= 11 is 0. The van der Waals surface area contributed by atoms with Crippen molar-refractivity contribution in [1.82, 2.24) is 10.2 Å². The number of rotatable bonds is 9. The summed E-state index contributed by atoms with van der Waals surface area (Å²) in [7, 11) is -0.526. The molecule has 2 aromatic carbocycles. The number of benzene rings is 2. The summed E-state index contributed by atoms with van der Waals surface area (Å²) in [4.78, 5) is 12.2. The van der Waals surface area contributed by atoms with E-state index < -0.39 is 15.7 Å². The lowest BCUT2D eigenvalue weighted by atomic mass is 10.1. The highest BCUT2D eigenvalue weighted by atomic mass is 32.2. The zero-order chi connectivity index (χ0) is 21.6. The summed E-state index contributed by atoms with van der Waals surface area (Å²) < 4.78 is 40.2. The molecule has 10 heteroatoms. The number of nitrogens with one attached hydrogen (secondary N) is 1. The molecule has 0 spiro atoms. The number of amides is 1. The third-order valence-electron chi connectivity index (χ3n) is 4.24. The molecule has 0 radical (unpaired) electrons. The Labute approximate surface area is 174 Å². The predicted molar refractivity (Wildman–Crippen MR) is 108 cm³/mol. The molecular formula is C20H21N3O6S. The molecule has 0 atom stereocenters. The van der Waals surface area contributed by atoms with E-state index in [4.69, 9.17) is 13.9 Å². The number of methoxy groups -OCH3 is 2. The van der Waals surface area contributed by atoms with Gasteiger partial charge in [0.2, 0.25) is 11.8 Å². The van der Waals surface area contributed by atoms with Gasteiger partial charge >= 0.3 is 6.01 Å². The van der Waals surface area contributed by atoms with Crippen molar-refractivity contribution in [2.45, 2.75) is 17.7 Å². The Kier molecular flexibility index (Phi) is 6.68. The molecule has 0 saturated heterocycles. The number of hydrogen-bond donors (Lipinski definition) is 1. The SMILES string of the molecule is COc1ccc(Cc2nnc(NC(=O)CCS(=O)(=O)c3ccc(OC)cc3)o2)cc1. The van der Waals surface area contributed by atoms with E-state index in [1.54, 1.807) is 19.2 Å². The van der Waals surface area contributed by atoms with Gasteiger partial charge in [0.05, 0.1) is 31.3 Å². The molecule has 1 heterocycles. The van der Waals surface area contributed by atoms with Gasteiger partial charge in [0.25, 0.3) is 0 Å². The Hall–Kier alpha value is -3.40. The predicted octanol–water partition coefficient (Wildman–Crippen LogP) is 2.48. The Morgan fingerprint density at radius 3 is 2.17 bits per heavy atom. The monoisotopic (exact) mass is 431 g/mol. The first-order chi connectivity index (χ1) is 14.4. The van der Waals surface area contributed by atoms with Gasteiger partial charge in [-0.3, -0.25) is 10.1 Å². The summed E-state index contributed by atoms with van der Waals surface area (Å²) in [6, 6.07) is 13.3. The molecule has 0 aliphatic carbocycles. The largest absolute Gasteiger partial charge is 0.497 e. The van der Waals surface area contributed by atoms with Crippen molar-refractivity contribution in [3.63, 3.8) is 0 Å². The molecule has 0 unspecified atom stereocenters. The number of anilines is 1. The van der Waals surface area contributed by atoms with Gasteiger partial charge in [-0.05, 0) is 42.0 Å². The Balaban J connectivity index is 1.53. The normalized spacial score (nSPS) is 11.1. The average Bonchev–Trinajstić information content (AvgIpc) is 3.19. The van der Waals surface area contributed by atoms with Gasteiger partial charge in [0.15, 0.2) is 9.84 Å². The first kappa shape index (κ1) is 21.3. The lowest BCUT2D eigenvalue weighted by Crippen LogP contribution is -2.17. The van der Waals surface area contributed by atoms with Crippen LogP contribution in [-0.4, -0.2) is 44.5 Å². The molecule has 30 heavy (non-hydrogen) atoms. The van der Waals surface area contributed by atoms with E-state index in [2.05, 4.69) is 15.5 Å². The lowest BCUT2D eigenvalue weighted by Gasteiger charge is -2.05. The van der Waals surface area contributed by atoms with E-state index in [0.717, 1.165) is 11.3 Å². The number of nitrogens with zero attached hydrogens (tertiary/aromatic N) is 2. The molecule has 9 nitrogen and oxygen atoms in total. The molecule has 158 valence electrons. The number of carbonyl (C=O) groups is 1. The van der Waals surface area contributed by atoms with Crippen molar-refractivity contribution >= 4 is 21.8 Å². The average molecular weight is 431 g/mol. The lowest BCUT2D eigenvalue weighted by molar-refractivity contribution is -0.116. The minimum Gasteiger partial charge on any atom is -0.497 e. The maximum Gasteiger partial charge on any atom is 0.322 e. The second-order valence-electron chi connectivity index (χ2n) is 6.32. The number of carbonyl (C=O) groups excluding carboxylic acids is 1. The van der Waals surface area contributed by atoms with E-state index >= 15 is 0 Å². The van der Waals surface area contributed by atoms with E-state index in [1.807, 2.05) is 24.3 Å². The first-order valence-corrected chi connectivity index (χ1v) is 10.7. The van der Waals surface area contributed by atoms with Crippen LogP contribution in [0.25, 0.3) is 0 Å². The molecule has 3 aromatic rings. The minimum absolute atomic E-state index is 0.0784. The van der Waals surface area contributed by atoms with E-state index in [0.29, 0.717) is 18.1 Å². The number of aromatic nitrogens is 2. The summed E-state index contributed by atoms with van der Waals surface area (Å²) in [6.07, 6.45) is 0.142. The molecular weight excluding hydrogens is 410 g/mol. The maximum atomic E-state index is 12.4. The van der Waals surface area contributed by atoms with Crippen molar-refractivity contribution in [3.8, 4) is 11.5 Å². The summed E-state index contributed by atoms with van der Waals surface area (Å²) in [5, 5.41) is 10.1. The highest BCUT2D eigenvalue weighted by Crippen LogP contribution is 2.18. The Bertz CT molecular complexity index is 1090. The molecule has 1 aromatic heterocycles. The zero-order valence-electron chi connectivity index (χ0n) is 16.5. The van der Waals surface area contributed by atoms with Crippen LogP contribution in [0.3, 0.4) is 0 Å². The van der Waals surface area contributed by atoms with Gasteiger partial charge < -0.3 is 13.9 Å². The molecule has 0 saturated carbocycles. The van der Waals surface area contributed by atoms with Gasteiger partial charge in [-0.2, -0.15) is 0 Å². The second-order valence-corrected chi connectivity index (χ2v) is 8.43. The Morgan fingerprint density at radius 1 is 0.967 bits per heavy atom. The molecule has 0 aliphatic rings. The van der Waals surface area contributed by atoms with Crippen LogP contribution in [0.15, 0.2) is 57.8 Å². The summed E-state index contributed by atoms with van der Waals surface area (Å²) in [5.74, 6) is 0.723. The number of sulfone groups is 1. The van der Waals surface area contributed by atoms with E-state index in [-0.39, 0.29) is 23.1 Å². The van der Waals surface area contributed by atoms with Crippen LogP contribution in [-0.2, 0) is 21.1 Å². The van der Waals surface area contributed by atoms with Gasteiger partial charge in [0.1, 0.15) is 11.5 Å². The quantitative estimate of drug-likeness (QED) is 0.549.